The Hall–Kier alpha value is -3.98. The Kier molecular flexibility index (Phi) is 9.80. The number of amides is 1. The maximum absolute atomic E-state index is 15.3. The number of carbonyl (C=O) groups excluding carboxylic acids is 2. The molecule has 1 aromatic heterocycles. The van der Waals surface area contributed by atoms with E-state index in [1.165, 1.54) is 7.11 Å². The van der Waals surface area contributed by atoms with E-state index in [1.807, 2.05) is 56.1 Å². The van der Waals surface area contributed by atoms with Gasteiger partial charge in [0.1, 0.15) is 17.3 Å². The predicted molar refractivity (Wildman–Crippen MR) is 224 cm³/mol. The summed E-state index contributed by atoms with van der Waals surface area (Å²) in [5, 5.41) is 51.3. The number of rotatable bonds is 9. The summed E-state index contributed by atoms with van der Waals surface area (Å²) in [5.41, 5.74) is -1.47. The molecule has 13 heteroatoms. The van der Waals surface area contributed by atoms with E-state index in [-0.39, 0.29) is 25.1 Å². The van der Waals surface area contributed by atoms with Crippen molar-refractivity contribution in [3.8, 4) is 5.75 Å². The van der Waals surface area contributed by atoms with Gasteiger partial charge in [-0.1, -0.05) is 44.2 Å². The smallest absolute Gasteiger partial charge is 0.322 e. The minimum absolute atomic E-state index is 0.0903. The molecule has 9 rings (SSSR count). The molecular weight excluding hydrogens is 751 g/mol. The van der Waals surface area contributed by atoms with Gasteiger partial charge in [0.15, 0.2) is 5.60 Å². The third kappa shape index (κ3) is 5.37. The Morgan fingerprint density at radius 1 is 1.03 bits per heavy atom. The molecule has 5 aliphatic heterocycles. The molecule has 1 amide bonds. The van der Waals surface area contributed by atoms with Crippen LogP contribution in [0.2, 0.25) is 0 Å². The topological polar surface area (TPSA) is 171 Å². The summed E-state index contributed by atoms with van der Waals surface area (Å²) in [6, 6.07) is 11.0. The molecule has 2 aromatic carbocycles. The number of anilines is 1. The number of aromatic nitrogens is 1. The number of likely N-dealkylation sites (N-methyl/N-ethyl adjacent to an activating group) is 1. The molecule has 318 valence electrons. The molecule has 1 aliphatic carbocycles. The van der Waals surface area contributed by atoms with E-state index in [1.54, 1.807) is 7.11 Å². The van der Waals surface area contributed by atoms with Crippen molar-refractivity contribution in [3.63, 3.8) is 0 Å². The first kappa shape index (κ1) is 40.4. The minimum Gasteiger partial charge on any atom is -0.496 e. The quantitative estimate of drug-likeness (QED) is 0.107. The number of carbonyl (C=O) groups is 2. The molecule has 6 N–H and O–H groups in total. The van der Waals surface area contributed by atoms with Gasteiger partial charge >= 0.3 is 5.97 Å². The number of ether oxygens (including phenoxy) is 2. The van der Waals surface area contributed by atoms with Crippen molar-refractivity contribution >= 4 is 28.5 Å². The molecule has 6 aliphatic rings. The number of nitrogens with zero attached hydrogens (tertiary/aromatic N) is 3. The monoisotopic (exact) mass is 811 g/mol. The summed E-state index contributed by atoms with van der Waals surface area (Å²) in [7, 11) is 4.92. The first-order valence-corrected chi connectivity index (χ1v) is 21.6. The Bertz CT molecular complexity index is 2190. The third-order valence-electron chi connectivity index (χ3n) is 15.8. The lowest BCUT2D eigenvalue weighted by molar-refractivity contribution is -0.203. The minimum atomic E-state index is -2.26. The highest BCUT2D eigenvalue weighted by molar-refractivity contribution is 5.95. The van der Waals surface area contributed by atoms with Gasteiger partial charge in [-0.3, -0.25) is 19.4 Å². The van der Waals surface area contributed by atoms with Crippen molar-refractivity contribution < 1.29 is 39.5 Å². The number of methoxy groups -OCH3 is 2. The zero-order valence-electron chi connectivity index (χ0n) is 35.1. The van der Waals surface area contributed by atoms with Crippen LogP contribution in [-0.2, 0) is 31.6 Å². The number of esters is 1. The first-order valence-electron chi connectivity index (χ1n) is 21.6. The Balaban J connectivity index is 1.34. The molecule has 2 saturated heterocycles. The lowest BCUT2D eigenvalue weighted by Crippen LogP contribution is -2.81. The van der Waals surface area contributed by atoms with Crippen molar-refractivity contribution in [2.75, 3.05) is 72.0 Å². The fraction of sp³-hybridized carbons (Fsp3) is 0.609. The average molecular weight is 812 g/mol. The van der Waals surface area contributed by atoms with E-state index in [2.05, 4.69) is 38.3 Å². The van der Waals surface area contributed by atoms with Crippen LogP contribution in [-0.4, -0.2) is 144 Å². The van der Waals surface area contributed by atoms with Crippen molar-refractivity contribution in [2.24, 2.45) is 11.3 Å². The van der Waals surface area contributed by atoms with Crippen LogP contribution in [0.25, 0.3) is 10.9 Å². The molecular formula is C46H61N5O8. The number of hydrogen-bond acceptors (Lipinski definition) is 11. The van der Waals surface area contributed by atoms with Gasteiger partial charge in [-0.15, -0.1) is 0 Å². The highest BCUT2D eigenvalue weighted by Gasteiger charge is 2.78. The Morgan fingerprint density at radius 2 is 1.83 bits per heavy atom. The molecule has 2 bridgehead atoms. The van der Waals surface area contributed by atoms with Gasteiger partial charge in [-0.25, -0.2) is 0 Å². The fourth-order valence-corrected chi connectivity index (χ4v) is 13.5. The SMILES string of the molecule is CCC1(O)C[C@H]2CN(CCc3c([nH]c4ccccc34)[C@@](C(=O)OC)(c3cc4c(cc3OC)N(C)[C@H]3[C@@](O)(C(=O)NCCCO)[C@H](O)[C@]5(CC)C=CCN6CC[C@]43[C@@H]65)C2)C1. The molecule has 3 fully saturated rings. The molecule has 13 nitrogen and oxygen atoms in total. The van der Waals surface area contributed by atoms with Gasteiger partial charge in [0, 0.05) is 97.2 Å². The van der Waals surface area contributed by atoms with Crippen LogP contribution >= 0.6 is 0 Å². The molecule has 59 heavy (non-hydrogen) atoms. The van der Waals surface area contributed by atoms with Crippen LogP contribution < -0.4 is 15.0 Å². The highest BCUT2D eigenvalue weighted by Crippen LogP contribution is 2.67. The predicted octanol–water partition coefficient (Wildman–Crippen LogP) is 2.75. The summed E-state index contributed by atoms with van der Waals surface area (Å²) in [6.07, 6.45) is 6.10. The largest absolute Gasteiger partial charge is 0.496 e. The number of aliphatic hydroxyl groups is 4. The maximum Gasteiger partial charge on any atom is 0.322 e. The normalized spacial score (nSPS) is 37.1. The standard InChI is InChI=1S/C46H61N5O8/c1-6-42(56)24-28-25-45(41(55)59-5,36-30(14-19-50(26-28)27-42)29-12-8-9-13-33(29)48-36)32-22-31-34(23-35(32)58-4)49(3)38-44(31)16-20-51-18-10-15-43(7-2,37(44)51)39(53)46(38,57)40(54)47-17-11-21-52/h8-10,12-13,15,22-23,28,37-39,48,52-53,56-57H,6-7,11,14,16-21,24-27H2,1-5H3,(H,47,54)/t28-,37+,38-,39-,42?,43-,44-,45+,46+/m1/s1. The van der Waals surface area contributed by atoms with Crippen molar-refractivity contribution in [1.29, 1.82) is 0 Å². The van der Waals surface area contributed by atoms with E-state index < -0.39 is 51.5 Å². The third-order valence-corrected chi connectivity index (χ3v) is 15.8. The van der Waals surface area contributed by atoms with Crippen molar-refractivity contribution in [1.82, 2.24) is 20.1 Å². The second kappa shape index (κ2) is 14.3. The number of H-pyrrole nitrogens is 1. The van der Waals surface area contributed by atoms with Gasteiger partial charge in [0.05, 0.1) is 25.9 Å². The lowest BCUT2D eigenvalue weighted by Gasteiger charge is -2.63. The Morgan fingerprint density at radius 3 is 2.56 bits per heavy atom. The first-order chi connectivity index (χ1) is 28.3. The zero-order chi connectivity index (χ0) is 41.7. The van der Waals surface area contributed by atoms with Gasteiger partial charge < -0.3 is 45.1 Å². The van der Waals surface area contributed by atoms with Crippen LogP contribution in [0.15, 0.2) is 48.6 Å². The van der Waals surface area contributed by atoms with E-state index in [0.717, 1.165) is 33.4 Å². The number of nitrogens with one attached hydrogen (secondary N) is 2. The van der Waals surface area contributed by atoms with Crippen LogP contribution in [0.3, 0.4) is 0 Å². The summed E-state index contributed by atoms with van der Waals surface area (Å²) in [4.78, 5) is 40.4. The van der Waals surface area contributed by atoms with Crippen LogP contribution in [0.1, 0.15) is 74.8 Å². The molecule has 3 aromatic rings. The highest BCUT2D eigenvalue weighted by atomic mass is 16.5. The maximum atomic E-state index is 15.3. The van der Waals surface area contributed by atoms with Crippen LogP contribution in [0.4, 0.5) is 5.69 Å². The average Bonchev–Trinajstić information content (AvgIpc) is 3.90. The van der Waals surface area contributed by atoms with Gasteiger partial charge in [-0.05, 0) is 80.7 Å². The van der Waals surface area contributed by atoms with Crippen LogP contribution in [0.5, 0.6) is 5.75 Å². The van der Waals surface area contributed by atoms with E-state index >= 15 is 4.79 Å². The number of piperidine rings is 1. The molecule has 2 unspecified atom stereocenters. The van der Waals surface area contributed by atoms with Crippen molar-refractivity contribution in [3.05, 3.63) is 70.9 Å². The number of aliphatic hydroxyl groups excluding tert-OH is 2. The molecule has 0 radical (unpaired) electrons. The van der Waals surface area contributed by atoms with Gasteiger partial charge in [-0.2, -0.15) is 0 Å². The summed E-state index contributed by atoms with van der Waals surface area (Å²) in [6.45, 7) is 7.39. The van der Waals surface area contributed by atoms with Crippen molar-refractivity contribution in [2.45, 2.75) is 99.0 Å². The fourth-order valence-electron chi connectivity index (χ4n) is 13.5. The molecule has 6 heterocycles. The number of benzene rings is 2. The molecule has 1 spiro atoms. The van der Waals surface area contributed by atoms with E-state index in [9.17, 15) is 25.2 Å². The van der Waals surface area contributed by atoms with Gasteiger partial charge in [0.25, 0.3) is 5.91 Å². The summed E-state index contributed by atoms with van der Waals surface area (Å²) < 4.78 is 12.3. The number of aromatic amines is 1. The van der Waals surface area contributed by atoms with Crippen LogP contribution in [0, 0.1) is 11.3 Å². The second-order valence-electron chi connectivity index (χ2n) is 18.5. The number of fused-ring (bicyclic) bond motifs is 6. The molecule has 10 atom stereocenters. The lowest BCUT2D eigenvalue weighted by atomic mass is 9.47. The zero-order valence-corrected chi connectivity index (χ0v) is 35.1. The van der Waals surface area contributed by atoms with Gasteiger partial charge in [0.2, 0.25) is 0 Å². The summed E-state index contributed by atoms with van der Waals surface area (Å²) >= 11 is 0. The van der Waals surface area contributed by atoms with E-state index in [0.29, 0.717) is 89.0 Å². The summed E-state index contributed by atoms with van der Waals surface area (Å²) in [5.74, 6) is -0.727. The second-order valence-corrected chi connectivity index (χ2v) is 18.5. The number of para-hydroxylation sites is 1. The molecule has 1 saturated carbocycles. The number of hydrogen-bond donors (Lipinski definition) is 6. The Labute approximate surface area is 346 Å². The van der Waals surface area contributed by atoms with E-state index in [4.69, 9.17) is 9.47 Å².